The molecule has 2 aromatic rings. The molecule has 1 saturated carbocycles. The quantitative estimate of drug-likeness (QED) is 0.792. The van der Waals surface area contributed by atoms with E-state index < -0.39 is 0 Å². The van der Waals surface area contributed by atoms with Gasteiger partial charge in [-0.3, -0.25) is 9.78 Å². The fourth-order valence-electron chi connectivity index (χ4n) is 3.40. The van der Waals surface area contributed by atoms with Crippen LogP contribution in [0, 0.1) is 6.92 Å². The highest BCUT2D eigenvalue weighted by atomic mass is 16.1. The zero-order valence-corrected chi connectivity index (χ0v) is 14.9. The van der Waals surface area contributed by atoms with Crippen LogP contribution in [0.3, 0.4) is 0 Å². The zero-order valence-electron chi connectivity index (χ0n) is 14.9. The van der Waals surface area contributed by atoms with E-state index in [1.54, 1.807) is 6.20 Å². The van der Waals surface area contributed by atoms with E-state index in [0.29, 0.717) is 18.3 Å². The van der Waals surface area contributed by atoms with Gasteiger partial charge in [-0.25, -0.2) is 0 Å². The first-order chi connectivity index (χ1) is 12.2. The van der Waals surface area contributed by atoms with Crippen LogP contribution in [-0.4, -0.2) is 16.9 Å². The van der Waals surface area contributed by atoms with E-state index in [1.807, 2.05) is 24.3 Å². The molecule has 2 N–H and O–H groups in total. The minimum absolute atomic E-state index is 0.133. The Morgan fingerprint density at radius 3 is 2.68 bits per heavy atom. The number of hydrogen-bond acceptors (Lipinski definition) is 3. The Balaban J connectivity index is 1.59. The van der Waals surface area contributed by atoms with Crippen LogP contribution in [0.1, 0.15) is 60.1 Å². The fourth-order valence-corrected chi connectivity index (χ4v) is 3.40. The molecule has 4 heteroatoms. The summed E-state index contributed by atoms with van der Waals surface area (Å²) in [5.41, 5.74) is 3.74. The Labute approximate surface area is 150 Å². The number of aryl methyl sites for hydroxylation is 1. The molecule has 0 bridgehead atoms. The van der Waals surface area contributed by atoms with Gasteiger partial charge < -0.3 is 10.6 Å². The lowest BCUT2D eigenvalue weighted by Gasteiger charge is -2.18. The second-order valence-corrected chi connectivity index (χ2v) is 6.93. The van der Waals surface area contributed by atoms with Crippen molar-refractivity contribution in [3.05, 3.63) is 59.4 Å². The van der Waals surface area contributed by atoms with Crippen LogP contribution in [-0.2, 0) is 6.54 Å². The van der Waals surface area contributed by atoms with Gasteiger partial charge in [0.2, 0.25) is 0 Å². The Morgan fingerprint density at radius 2 is 1.92 bits per heavy atom. The summed E-state index contributed by atoms with van der Waals surface area (Å²) >= 11 is 0. The molecular weight excluding hydrogens is 310 g/mol. The van der Waals surface area contributed by atoms with Crippen LogP contribution in [0.15, 0.2) is 42.6 Å². The van der Waals surface area contributed by atoms with Crippen molar-refractivity contribution in [3.8, 4) is 0 Å². The highest BCUT2D eigenvalue weighted by Crippen LogP contribution is 2.21. The molecule has 0 aliphatic heterocycles. The molecule has 1 aromatic heterocycles. The standard InChI is InChI=1S/C21H27N3O/c1-16-7-6-8-17(13-16)15-23-21(25)20-14-19(11-12-22-20)24-18-9-4-2-3-5-10-18/h6-8,11-14,18H,2-5,9-10,15H2,1H3,(H,22,24)(H,23,25). The number of anilines is 1. The number of nitrogens with zero attached hydrogens (tertiary/aromatic N) is 1. The summed E-state index contributed by atoms with van der Waals surface area (Å²) in [4.78, 5) is 16.6. The second-order valence-electron chi connectivity index (χ2n) is 6.93. The van der Waals surface area contributed by atoms with Crippen molar-refractivity contribution < 1.29 is 4.79 Å². The molecule has 3 rings (SSSR count). The van der Waals surface area contributed by atoms with E-state index in [-0.39, 0.29) is 5.91 Å². The maximum atomic E-state index is 12.4. The number of benzene rings is 1. The number of hydrogen-bond donors (Lipinski definition) is 2. The first-order valence-electron chi connectivity index (χ1n) is 9.27. The number of carbonyl (C=O) groups excluding carboxylic acids is 1. The minimum atomic E-state index is -0.133. The molecular formula is C21H27N3O. The summed E-state index contributed by atoms with van der Waals surface area (Å²) in [5.74, 6) is -0.133. The molecule has 1 heterocycles. The van der Waals surface area contributed by atoms with E-state index in [9.17, 15) is 4.79 Å². The highest BCUT2D eigenvalue weighted by Gasteiger charge is 2.13. The van der Waals surface area contributed by atoms with Crippen LogP contribution in [0.2, 0.25) is 0 Å². The predicted octanol–water partition coefficient (Wildman–Crippen LogP) is 4.45. The van der Waals surface area contributed by atoms with Gasteiger partial charge >= 0.3 is 0 Å². The molecule has 1 aromatic carbocycles. The Hall–Kier alpha value is -2.36. The van der Waals surface area contributed by atoms with E-state index in [0.717, 1.165) is 11.3 Å². The summed E-state index contributed by atoms with van der Waals surface area (Å²) in [6.07, 6.45) is 9.36. The SMILES string of the molecule is Cc1cccc(CNC(=O)c2cc(NC3CCCCCC3)ccn2)c1. The fraction of sp³-hybridized carbons (Fsp3) is 0.429. The van der Waals surface area contributed by atoms with Crippen molar-refractivity contribution in [1.29, 1.82) is 0 Å². The van der Waals surface area contributed by atoms with Crippen molar-refractivity contribution >= 4 is 11.6 Å². The number of pyridine rings is 1. The summed E-state index contributed by atoms with van der Waals surface area (Å²) in [5, 5.41) is 6.53. The molecule has 1 amide bonds. The maximum Gasteiger partial charge on any atom is 0.270 e. The van der Waals surface area contributed by atoms with Crippen molar-refractivity contribution in [2.75, 3.05) is 5.32 Å². The second kappa shape index (κ2) is 8.65. The Bertz CT molecular complexity index is 706. The Morgan fingerprint density at radius 1 is 1.12 bits per heavy atom. The van der Waals surface area contributed by atoms with Gasteiger partial charge in [0.25, 0.3) is 5.91 Å². The van der Waals surface area contributed by atoms with Gasteiger partial charge in [0.15, 0.2) is 0 Å². The summed E-state index contributed by atoms with van der Waals surface area (Å²) in [7, 11) is 0. The van der Waals surface area contributed by atoms with Crippen LogP contribution in [0.25, 0.3) is 0 Å². The normalized spacial score (nSPS) is 15.4. The number of aromatic nitrogens is 1. The van der Waals surface area contributed by atoms with Crippen molar-refractivity contribution in [2.45, 2.75) is 58.0 Å². The molecule has 0 atom stereocenters. The van der Waals surface area contributed by atoms with Crippen molar-refractivity contribution in [1.82, 2.24) is 10.3 Å². The average molecular weight is 337 g/mol. The van der Waals surface area contributed by atoms with Gasteiger partial charge in [0.05, 0.1) is 0 Å². The lowest BCUT2D eigenvalue weighted by molar-refractivity contribution is 0.0946. The molecule has 25 heavy (non-hydrogen) atoms. The third-order valence-electron chi connectivity index (χ3n) is 4.75. The molecule has 0 unspecified atom stereocenters. The first kappa shape index (κ1) is 17.5. The van der Waals surface area contributed by atoms with Crippen molar-refractivity contribution in [2.24, 2.45) is 0 Å². The van der Waals surface area contributed by atoms with Crippen LogP contribution in [0.5, 0.6) is 0 Å². The first-order valence-corrected chi connectivity index (χ1v) is 9.27. The lowest BCUT2D eigenvalue weighted by atomic mass is 10.1. The molecule has 1 fully saturated rings. The van der Waals surface area contributed by atoms with Gasteiger partial charge in [0.1, 0.15) is 5.69 Å². The predicted molar refractivity (Wildman–Crippen MR) is 102 cm³/mol. The van der Waals surface area contributed by atoms with Gasteiger partial charge in [-0.1, -0.05) is 55.5 Å². The monoisotopic (exact) mass is 337 g/mol. The average Bonchev–Trinajstić information content (AvgIpc) is 2.89. The van der Waals surface area contributed by atoms with Gasteiger partial charge in [0, 0.05) is 24.5 Å². The lowest BCUT2D eigenvalue weighted by Crippen LogP contribution is -2.24. The molecule has 1 aliphatic rings. The van der Waals surface area contributed by atoms with Gasteiger partial charge in [-0.05, 0) is 37.5 Å². The van der Waals surface area contributed by atoms with E-state index >= 15 is 0 Å². The summed E-state index contributed by atoms with van der Waals surface area (Å²) < 4.78 is 0. The molecule has 132 valence electrons. The van der Waals surface area contributed by atoms with Gasteiger partial charge in [-0.2, -0.15) is 0 Å². The van der Waals surface area contributed by atoms with E-state index in [2.05, 4.69) is 34.7 Å². The number of nitrogens with one attached hydrogen (secondary N) is 2. The van der Waals surface area contributed by atoms with Crippen LogP contribution in [0.4, 0.5) is 5.69 Å². The van der Waals surface area contributed by atoms with Gasteiger partial charge in [-0.15, -0.1) is 0 Å². The number of rotatable bonds is 5. The largest absolute Gasteiger partial charge is 0.382 e. The molecule has 1 aliphatic carbocycles. The molecule has 0 spiro atoms. The van der Waals surface area contributed by atoms with Crippen molar-refractivity contribution in [3.63, 3.8) is 0 Å². The molecule has 0 radical (unpaired) electrons. The van der Waals surface area contributed by atoms with E-state index in [4.69, 9.17) is 0 Å². The topological polar surface area (TPSA) is 54.0 Å². The van der Waals surface area contributed by atoms with E-state index in [1.165, 1.54) is 44.1 Å². The molecule has 4 nitrogen and oxygen atoms in total. The van der Waals surface area contributed by atoms with Crippen LogP contribution < -0.4 is 10.6 Å². The highest BCUT2D eigenvalue weighted by molar-refractivity contribution is 5.93. The smallest absolute Gasteiger partial charge is 0.270 e. The third-order valence-corrected chi connectivity index (χ3v) is 4.75. The number of amides is 1. The summed E-state index contributed by atoms with van der Waals surface area (Å²) in [6.45, 7) is 2.57. The third kappa shape index (κ3) is 5.31. The molecule has 0 saturated heterocycles. The minimum Gasteiger partial charge on any atom is -0.382 e. The Kier molecular flexibility index (Phi) is 6.04. The zero-order chi connectivity index (χ0) is 17.5. The van der Waals surface area contributed by atoms with Crippen LogP contribution >= 0.6 is 0 Å². The maximum absolute atomic E-state index is 12.4. The summed E-state index contributed by atoms with van der Waals surface area (Å²) in [6, 6.07) is 12.5. The number of carbonyl (C=O) groups is 1.